The average molecular weight is 270 g/mol. The van der Waals surface area contributed by atoms with E-state index < -0.39 is 0 Å². The maximum atomic E-state index is 8.91. The largest absolute Gasteiger partial charge is 0.305 e. The zero-order chi connectivity index (χ0) is 13.7. The molecule has 98 valence electrons. The highest BCUT2D eigenvalue weighted by Crippen LogP contribution is 2.19. The molecule has 0 saturated carbocycles. The number of nitriles is 1. The Labute approximate surface area is 118 Å². The molecule has 0 saturated heterocycles. The first-order valence-corrected chi connectivity index (χ1v) is 7.35. The molecule has 0 bridgehead atoms. The highest BCUT2D eigenvalue weighted by molar-refractivity contribution is 7.11. The van der Waals surface area contributed by atoms with Gasteiger partial charge in [0.25, 0.3) is 0 Å². The summed E-state index contributed by atoms with van der Waals surface area (Å²) in [4.78, 5) is 2.79. The lowest BCUT2D eigenvalue weighted by Crippen LogP contribution is -2.17. The van der Waals surface area contributed by atoms with E-state index in [0.29, 0.717) is 0 Å². The molecule has 2 aromatic rings. The van der Waals surface area contributed by atoms with Gasteiger partial charge in [0.1, 0.15) is 0 Å². The summed E-state index contributed by atoms with van der Waals surface area (Å²) in [7, 11) is 0. The Kier molecular flexibility index (Phi) is 4.73. The monoisotopic (exact) mass is 270 g/mol. The molecule has 1 N–H and O–H groups in total. The molecule has 0 radical (unpaired) electrons. The second kappa shape index (κ2) is 6.51. The Morgan fingerprint density at radius 2 is 2.05 bits per heavy atom. The van der Waals surface area contributed by atoms with Crippen LogP contribution in [0.2, 0.25) is 0 Å². The average Bonchev–Trinajstić information content (AvgIpc) is 2.93. The van der Waals surface area contributed by atoms with Crippen LogP contribution in [0.5, 0.6) is 0 Å². The topological polar surface area (TPSA) is 35.8 Å². The zero-order valence-electron chi connectivity index (χ0n) is 11.3. The molecule has 0 spiro atoms. The maximum absolute atomic E-state index is 8.91. The third kappa shape index (κ3) is 3.66. The van der Waals surface area contributed by atoms with Crippen molar-refractivity contribution in [1.82, 2.24) is 5.32 Å². The Bertz CT molecular complexity index is 580. The number of nitrogens with one attached hydrogen (secondary N) is 1. The van der Waals surface area contributed by atoms with Crippen molar-refractivity contribution in [3.63, 3.8) is 0 Å². The molecule has 2 nitrogen and oxygen atoms in total. The van der Waals surface area contributed by atoms with Gasteiger partial charge < -0.3 is 5.32 Å². The van der Waals surface area contributed by atoms with E-state index in [0.717, 1.165) is 24.1 Å². The number of hydrogen-bond acceptors (Lipinski definition) is 3. The molecular weight excluding hydrogens is 252 g/mol. The van der Waals surface area contributed by atoms with Gasteiger partial charge in [-0.25, -0.2) is 0 Å². The SMILES string of the molecule is CCc1ccc(CNC(C)c2cccc(C#N)c2)s1. The van der Waals surface area contributed by atoms with Crippen molar-refractivity contribution in [1.29, 1.82) is 5.26 Å². The van der Waals surface area contributed by atoms with E-state index in [4.69, 9.17) is 5.26 Å². The summed E-state index contributed by atoms with van der Waals surface area (Å²) < 4.78 is 0. The number of hydrogen-bond donors (Lipinski definition) is 1. The van der Waals surface area contributed by atoms with Gasteiger partial charge in [0.2, 0.25) is 0 Å². The van der Waals surface area contributed by atoms with E-state index in [1.165, 1.54) is 9.75 Å². The van der Waals surface area contributed by atoms with Gasteiger partial charge in [0.15, 0.2) is 0 Å². The van der Waals surface area contributed by atoms with Crippen molar-refractivity contribution in [3.8, 4) is 6.07 Å². The third-order valence-corrected chi connectivity index (χ3v) is 4.39. The van der Waals surface area contributed by atoms with Crippen molar-refractivity contribution >= 4 is 11.3 Å². The first kappa shape index (κ1) is 13.8. The van der Waals surface area contributed by atoms with E-state index in [1.54, 1.807) is 0 Å². The Morgan fingerprint density at radius 1 is 1.26 bits per heavy atom. The fourth-order valence-electron chi connectivity index (χ4n) is 1.96. The number of thiophene rings is 1. The number of nitrogens with zero attached hydrogens (tertiary/aromatic N) is 1. The molecule has 19 heavy (non-hydrogen) atoms. The van der Waals surface area contributed by atoms with Crippen LogP contribution in [0.15, 0.2) is 36.4 Å². The van der Waals surface area contributed by atoms with E-state index in [1.807, 2.05) is 29.5 Å². The molecule has 0 fully saturated rings. The molecule has 3 heteroatoms. The van der Waals surface area contributed by atoms with E-state index in [9.17, 15) is 0 Å². The number of benzene rings is 1. The molecule has 0 aliphatic rings. The lowest BCUT2D eigenvalue weighted by molar-refractivity contribution is 0.579. The lowest BCUT2D eigenvalue weighted by Gasteiger charge is -2.13. The van der Waals surface area contributed by atoms with E-state index in [2.05, 4.69) is 43.4 Å². The van der Waals surface area contributed by atoms with Crippen molar-refractivity contribution in [2.75, 3.05) is 0 Å². The van der Waals surface area contributed by atoms with Crippen LogP contribution in [0.25, 0.3) is 0 Å². The normalized spacial score (nSPS) is 12.1. The molecular formula is C16H18N2S. The summed E-state index contributed by atoms with van der Waals surface area (Å²) >= 11 is 1.86. The predicted octanol–water partition coefficient (Wildman–Crippen LogP) is 4.03. The van der Waals surface area contributed by atoms with Gasteiger partial charge in [-0.1, -0.05) is 19.1 Å². The smallest absolute Gasteiger partial charge is 0.0991 e. The summed E-state index contributed by atoms with van der Waals surface area (Å²) in [6.45, 7) is 5.19. The summed E-state index contributed by atoms with van der Waals surface area (Å²) in [6.07, 6.45) is 1.10. The van der Waals surface area contributed by atoms with Crippen LogP contribution in [-0.4, -0.2) is 0 Å². The molecule has 1 atom stereocenters. The fraction of sp³-hybridized carbons (Fsp3) is 0.312. The molecule has 1 aromatic heterocycles. The molecule has 1 aromatic carbocycles. The molecule has 2 rings (SSSR count). The number of aryl methyl sites for hydroxylation is 1. The minimum absolute atomic E-state index is 0.250. The van der Waals surface area contributed by atoms with Crippen LogP contribution in [0, 0.1) is 11.3 Å². The van der Waals surface area contributed by atoms with Crippen molar-refractivity contribution in [2.45, 2.75) is 32.9 Å². The highest BCUT2D eigenvalue weighted by atomic mass is 32.1. The third-order valence-electron chi connectivity index (χ3n) is 3.16. The molecule has 1 heterocycles. The zero-order valence-corrected chi connectivity index (χ0v) is 12.1. The standard InChI is InChI=1S/C16H18N2S/c1-3-15-7-8-16(19-15)11-18-12(2)14-6-4-5-13(9-14)10-17/h4-9,12,18H,3,11H2,1-2H3. The van der Waals surface area contributed by atoms with Crippen molar-refractivity contribution in [2.24, 2.45) is 0 Å². The fourth-order valence-corrected chi connectivity index (χ4v) is 2.87. The van der Waals surface area contributed by atoms with Crippen molar-refractivity contribution < 1.29 is 0 Å². The van der Waals surface area contributed by atoms with Crippen LogP contribution in [0.3, 0.4) is 0 Å². The van der Waals surface area contributed by atoms with Crippen LogP contribution < -0.4 is 5.32 Å². The van der Waals surface area contributed by atoms with E-state index >= 15 is 0 Å². The minimum atomic E-state index is 0.250. The highest BCUT2D eigenvalue weighted by Gasteiger charge is 2.06. The van der Waals surface area contributed by atoms with Gasteiger partial charge in [0.05, 0.1) is 11.6 Å². The first-order valence-electron chi connectivity index (χ1n) is 6.54. The second-order valence-electron chi connectivity index (χ2n) is 4.56. The van der Waals surface area contributed by atoms with Gasteiger partial charge in [-0.15, -0.1) is 11.3 Å². The Balaban J connectivity index is 1.97. The second-order valence-corrected chi connectivity index (χ2v) is 5.81. The summed E-state index contributed by atoms with van der Waals surface area (Å²) in [5.41, 5.74) is 1.88. The van der Waals surface area contributed by atoms with Gasteiger partial charge in [-0.3, -0.25) is 0 Å². The van der Waals surface area contributed by atoms with Crippen LogP contribution in [0.1, 0.15) is 40.8 Å². The van der Waals surface area contributed by atoms with Gasteiger partial charge in [-0.05, 0) is 43.2 Å². The predicted molar refractivity (Wildman–Crippen MR) is 80.1 cm³/mol. The minimum Gasteiger partial charge on any atom is -0.305 e. The van der Waals surface area contributed by atoms with Gasteiger partial charge in [0, 0.05) is 22.3 Å². The van der Waals surface area contributed by atoms with E-state index in [-0.39, 0.29) is 6.04 Å². The van der Waals surface area contributed by atoms with Crippen LogP contribution in [-0.2, 0) is 13.0 Å². The molecule has 1 unspecified atom stereocenters. The van der Waals surface area contributed by atoms with Crippen LogP contribution >= 0.6 is 11.3 Å². The molecule has 0 aliphatic heterocycles. The van der Waals surface area contributed by atoms with Crippen LogP contribution in [0.4, 0.5) is 0 Å². The molecule has 0 amide bonds. The Morgan fingerprint density at radius 3 is 2.74 bits per heavy atom. The molecule has 0 aliphatic carbocycles. The summed E-state index contributed by atoms with van der Waals surface area (Å²) in [5.74, 6) is 0. The quantitative estimate of drug-likeness (QED) is 0.890. The van der Waals surface area contributed by atoms with Gasteiger partial charge in [-0.2, -0.15) is 5.26 Å². The summed E-state index contributed by atoms with van der Waals surface area (Å²) in [6, 6.07) is 14.6. The first-order chi connectivity index (χ1) is 9.22. The number of rotatable bonds is 5. The van der Waals surface area contributed by atoms with Crippen molar-refractivity contribution in [3.05, 3.63) is 57.3 Å². The van der Waals surface area contributed by atoms with Gasteiger partial charge >= 0.3 is 0 Å². The summed E-state index contributed by atoms with van der Waals surface area (Å²) in [5, 5.41) is 12.4. The maximum Gasteiger partial charge on any atom is 0.0991 e. The lowest BCUT2D eigenvalue weighted by atomic mass is 10.1. The Hall–Kier alpha value is -1.63.